The van der Waals surface area contributed by atoms with Crippen molar-refractivity contribution in [2.24, 2.45) is 0 Å². The zero-order valence-corrected chi connectivity index (χ0v) is 16.4. The van der Waals surface area contributed by atoms with Crippen LogP contribution in [0.15, 0.2) is 40.9 Å². The Labute approximate surface area is 161 Å². The molecule has 0 bridgehead atoms. The standard InChI is InChI=1S/C19H21BrClN3O/c1-12-4-2-3-9-24(12)18-11-17(15(21)10-16(18)22)23-19(25)13-5-7-14(20)8-6-13/h5-8,10-12H,2-4,9,22H2,1H3,(H,23,25)/t12-/m0/s1. The van der Waals surface area contributed by atoms with Crippen molar-refractivity contribution in [1.82, 2.24) is 0 Å². The Hall–Kier alpha value is -1.72. The van der Waals surface area contributed by atoms with Gasteiger partial charge in [0.05, 0.1) is 22.1 Å². The van der Waals surface area contributed by atoms with Crippen molar-refractivity contribution in [3.05, 3.63) is 51.5 Å². The second-order valence-electron chi connectivity index (χ2n) is 6.39. The number of anilines is 3. The Morgan fingerprint density at radius 3 is 2.68 bits per heavy atom. The Morgan fingerprint density at radius 2 is 2.00 bits per heavy atom. The van der Waals surface area contributed by atoms with Gasteiger partial charge in [0, 0.05) is 22.6 Å². The third-order valence-corrected chi connectivity index (χ3v) is 5.42. The molecule has 25 heavy (non-hydrogen) atoms. The maximum absolute atomic E-state index is 12.5. The Balaban J connectivity index is 1.87. The monoisotopic (exact) mass is 421 g/mol. The molecule has 0 spiro atoms. The second-order valence-corrected chi connectivity index (χ2v) is 7.71. The molecule has 1 atom stereocenters. The lowest BCUT2D eigenvalue weighted by molar-refractivity contribution is 0.102. The summed E-state index contributed by atoms with van der Waals surface area (Å²) in [4.78, 5) is 14.8. The summed E-state index contributed by atoms with van der Waals surface area (Å²) in [5.41, 5.74) is 8.92. The molecule has 1 saturated heterocycles. The number of carbonyl (C=O) groups excluding carboxylic acids is 1. The van der Waals surface area contributed by atoms with E-state index in [-0.39, 0.29) is 5.91 Å². The lowest BCUT2D eigenvalue weighted by Gasteiger charge is -2.36. The van der Waals surface area contributed by atoms with Crippen molar-refractivity contribution in [1.29, 1.82) is 0 Å². The molecule has 0 aliphatic carbocycles. The summed E-state index contributed by atoms with van der Waals surface area (Å²) < 4.78 is 0.927. The van der Waals surface area contributed by atoms with Gasteiger partial charge in [0.15, 0.2) is 0 Å². The van der Waals surface area contributed by atoms with Gasteiger partial charge in [-0.2, -0.15) is 0 Å². The highest BCUT2D eigenvalue weighted by molar-refractivity contribution is 9.10. The van der Waals surface area contributed by atoms with Crippen LogP contribution < -0.4 is 16.0 Å². The molecule has 3 rings (SSSR count). The van der Waals surface area contributed by atoms with Crippen molar-refractivity contribution < 1.29 is 4.79 Å². The first-order valence-corrected chi connectivity index (χ1v) is 9.55. The minimum absolute atomic E-state index is 0.197. The number of nitrogens with two attached hydrogens (primary N) is 1. The number of carbonyl (C=O) groups is 1. The number of rotatable bonds is 3. The summed E-state index contributed by atoms with van der Waals surface area (Å²) in [5, 5.41) is 3.34. The third-order valence-electron chi connectivity index (χ3n) is 4.58. The first kappa shape index (κ1) is 18.1. The summed E-state index contributed by atoms with van der Waals surface area (Å²) in [7, 11) is 0. The molecule has 0 saturated carbocycles. The van der Waals surface area contributed by atoms with Crippen molar-refractivity contribution in [3.8, 4) is 0 Å². The van der Waals surface area contributed by atoms with Crippen LogP contribution in [0.4, 0.5) is 17.1 Å². The van der Waals surface area contributed by atoms with Crippen molar-refractivity contribution >= 4 is 50.5 Å². The van der Waals surface area contributed by atoms with Gasteiger partial charge < -0.3 is 16.0 Å². The van der Waals surface area contributed by atoms with E-state index in [1.54, 1.807) is 18.2 Å². The fourth-order valence-corrected chi connectivity index (χ4v) is 3.66. The van der Waals surface area contributed by atoms with Crippen molar-refractivity contribution in [2.75, 3.05) is 22.5 Å². The first-order valence-electron chi connectivity index (χ1n) is 8.38. The van der Waals surface area contributed by atoms with Crippen molar-refractivity contribution in [2.45, 2.75) is 32.2 Å². The summed E-state index contributed by atoms with van der Waals surface area (Å²) in [6, 6.07) is 11.2. The fourth-order valence-electron chi connectivity index (χ4n) is 3.17. The highest BCUT2D eigenvalue weighted by atomic mass is 79.9. The number of nitrogens with one attached hydrogen (secondary N) is 1. The second kappa shape index (κ2) is 7.67. The molecule has 4 nitrogen and oxygen atoms in total. The Kier molecular flexibility index (Phi) is 5.54. The number of hydrogen-bond acceptors (Lipinski definition) is 3. The van der Waals surface area contributed by atoms with Gasteiger partial charge in [-0.3, -0.25) is 4.79 Å². The van der Waals surface area contributed by atoms with E-state index in [0.717, 1.165) is 29.5 Å². The molecular formula is C19H21BrClN3O. The molecule has 2 aromatic carbocycles. The summed E-state index contributed by atoms with van der Waals surface area (Å²) in [6.45, 7) is 3.17. The van der Waals surface area contributed by atoms with Gasteiger partial charge in [0.25, 0.3) is 5.91 Å². The van der Waals surface area contributed by atoms with E-state index >= 15 is 0 Å². The zero-order valence-electron chi connectivity index (χ0n) is 14.1. The smallest absolute Gasteiger partial charge is 0.255 e. The first-order chi connectivity index (χ1) is 12.0. The minimum atomic E-state index is -0.197. The third kappa shape index (κ3) is 4.10. The number of hydrogen-bond donors (Lipinski definition) is 2. The number of amides is 1. The average molecular weight is 423 g/mol. The van der Waals surface area contributed by atoms with E-state index in [2.05, 4.69) is 33.1 Å². The summed E-state index contributed by atoms with van der Waals surface area (Å²) in [6.07, 6.45) is 3.52. The van der Waals surface area contributed by atoms with Crippen LogP contribution in [-0.4, -0.2) is 18.5 Å². The van der Waals surface area contributed by atoms with E-state index in [4.69, 9.17) is 17.3 Å². The minimum Gasteiger partial charge on any atom is -0.397 e. The Morgan fingerprint density at radius 1 is 1.28 bits per heavy atom. The largest absolute Gasteiger partial charge is 0.397 e. The van der Waals surface area contributed by atoms with Gasteiger partial charge in [-0.1, -0.05) is 27.5 Å². The number of nitrogen functional groups attached to an aromatic ring is 1. The van der Waals surface area contributed by atoms with Crippen LogP contribution >= 0.6 is 27.5 Å². The summed E-state index contributed by atoms with van der Waals surface area (Å²) >= 11 is 9.68. The molecule has 6 heteroatoms. The van der Waals surface area contributed by atoms with E-state index in [0.29, 0.717) is 28.0 Å². The quantitative estimate of drug-likeness (QED) is 0.658. The molecule has 1 fully saturated rings. The number of nitrogens with zero attached hydrogens (tertiary/aromatic N) is 1. The molecule has 0 radical (unpaired) electrons. The normalized spacial score (nSPS) is 17.4. The van der Waals surface area contributed by atoms with Gasteiger partial charge in [-0.25, -0.2) is 0 Å². The molecule has 1 aliphatic rings. The Bertz CT molecular complexity index is 779. The average Bonchev–Trinajstić information content (AvgIpc) is 2.58. The highest BCUT2D eigenvalue weighted by Crippen LogP contribution is 2.36. The van der Waals surface area contributed by atoms with Gasteiger partial charge >= 0.3 is 0 Å². The van der Waals surface area contributed by atoms with Crippen LogP contribution in [0.25, 0.3) is 0 Å². The molecular weight excluding hydrogens is 402 g/mol. The fraction of sp³-hybridized carbons (Fsp3) is 0.316. The predicted octanol–water partition coefficient (Wildman–Crippen LogP) is 5.32. The van der Waals surface area contributed by atoms with Gasteiger partial charge in [0.2, 0.25) is 0 Å². The van der Waals surface area contributed by atoms with Crippen LogP contribution in [0.5, 0.6) is 0 Å². The molecule has 1 heterocycles. The number of benzene rings is 2. The molecule has 1 aliphatic heterocycles. The molecule has 0 aromatic heterocycles. The van der Waals surface area contributed by atoms with Gasteiger partial charge in [-0.05, 0) is 62.6 Å². The van der Waals surface area contributed by atoms with E-state index in [9.17, 15) is 4.79 Å². The van der Waals surface area contributed by atoms with Gasteiger partial charge in [0.1, 0.15) is 0 Å². The maximum Gasteiger partial charge on any atom is 0.255 e. The van der Waals surface area contributed by atoms with Crippen molar-refractivity contribution in [3.63, 3.8) is 0 Å². The van der Waals surface area contributed by atoms with E-state index in [1.165, 1.54) is 6.42 Å². The van der Waals surface area contributed by atoms with Crippen LogP contribution in [0, 0.1) is 0 Å². The van der Waals surface area contributed by atoms with Gasteiger partial charge in [-0.15, -0.1) is 0 Å². The SMILES string of the molecule is C[C@H]1CCCCN1c1cc(NC(=O)c2ccc(Br)cc2)c(Cl)cc1N. The molecule has 0 unspecified atom stereocenters. The van der Waals surface area contributed by atoms with E-state index < -0.39 is 0 Å². The topological polar surface area (TPSA) is 58.4 Å². The predicted molar refractivity (Wildman–Crippen MR) is 109 cm³/mol. The molecule has 1 amide bonds. The lowest BCUT2D eigenvalue weighted by atomic mass is 10.0. The molecule has 132 valence electrons. The molecule has 3 N–H and O–H groups in total. The molecule has 2 aromatic rings. The zero-order chi connectivity index (χ0) is 18.0. The highest BCUT2D eigenvalue weighted by Gasteiger charge is 2.22. The van der Waals surface area contributed by atoms with Crippen LogP contribution in [0.2, 0.25) is 5.02 Å². The van der Waals surface area contributed by atoms with Crippen LogP contribution in [0.3, 0.4) is 0 Å². The maximum atomic E-state index is 12.5. The number of halogens is 2. The van der Waals surface area contributed by atoms with Crippen LogP contribution in [-0.2, 0) is 0 Å². The lowest BCUT2D eigenvalue weighted by Crippen LogP contribution is -2.37. The number of piperidine rings is 1. The summed E-state index contributed by atoms with van der Waals surface area (Å²) in [5.74, 6) is -0.197. The van der Waals surface area contributed by atoms with E-state index in [1.807, 2.05) is 18.2 Å². The van der Waals surface area contributed by atoms with Crippen LogP contribution in [0.1, 0.15) is 36.5 Å².